The van der Waals surface area contributed by atoms with Crippen LogP contribution in [-0.2, 0) is 0 Å². The summed E-state index contributed by atoms with van der Waals surface area (Å²) in [5.41, 5.74) is 1.05. The standard InChI is InChI=1S/C15H13N5O3/c1-9-2-5-11(6-3-9)23-12-7-4-10(8-16-12)17-14(21)13-18-15(22)20-19-13/h2-8H,1H3,(H,17,21)(H2,18,19,20,22). The van der Waals surface area contributed by atoms with E-state index in [2.05, 4.69) is 25.5 Å². The molecule has 0 bridgehead atoms. The van der Waals surface area contributed by atoms with E-state index in [-0.39, 0.29) is 5.82 Å². The summed E-state index contributed by atoms with van der Waals surface area (Å²) in [6.07, 6.45) is 1.45. The number of aromatic amines is 2. The maximum absolute atomic E-state index is 11.8. The molecule has 23 heavy (non-hydrogen) atoms. The summed E-state index contributed by atoms with van der Waals surface area (Å²) in [5, 5.41) is 8.22. The first kappa shape index (κ1) is 14.5. The van der Waals surface area contributed by atoms with E-state index in [1.165, 1.54) is 6.20 Å². The van der Waals surface area contributed by atoms with Gasteiger partial charge in [-0.15, -0.1) is 5.10 Å². The molecular formula is C15H13N5O3. The molecular weight excluding hydrogens is 298 g/mol. The molecule has 3 rings (SSSR count). The van der Waals surface area contributed by atoms with Crippen molar-refractivity contribution in [1.82, 2.24) is 20.2 Å². The van der Waals surface area contributed by atoms with Gasteiger partial charge in [0.2, 0.25) is 11.7 Å². The van der Waals surface area contributed by atoms with Crippen LogP contribution < -0.4 is 15.7 Å². The number of H-pyrrole nitrogens is 2. The van der Waals surface area contributed by atoms with E-state index in [1.807, 2.05) is 31.2 Å². The Morgan fingerprint density at radius 2 is 1.96 bits per heavy atom. The van der Waals surface area contributed by atoms with Crippen LogP contribution in [0.2, 0.25) is 0 Å². The molecule has 0 radical (unpaired) electrons. The van der Waals surface area contributed by atoms with Gasteiger partial charge in [-0.3, -0.25) is 9.78 Å². The van der Waals surface area contributed by atoms with Crippen LogP contribution in [0.15, 0.2) is 47.4 Å². The molecule has 0 aliphatic heterocycles. The maximum atomic E-state index is 11.8. The monoisotopic (exact) mass is 311 g/mol. The number of aromatic nitrogens is 4. The first-order valence-electron chi connectivity index (χ1n) is 6.77. The summed E-state index contributed by atoms with van der Waals surface area (Å²) in [4.78, 5) is 29.1. The molecule has 0 aliphatic carbocycles. The number of rotatable bonds is 4. The lowest BCUT2D eigenvalue weighted by atomic mass is 10.2. The summed E-state index contributed by atoms with van der Waals surface area (Å²) >= 11 is 0. The number of anilines is 1. The smallest absolute Gasteiger partial charge is 0.341 e. The van der Waals surface area contributed by atoms with Crippen LogP contribution in [0.5, 0.6) is 11.6 Å². The van der Waals surface area contributed by atoms with Gasteiger partial charge >= 0.3 is 5.69 Å². The highest BCUT2D eigenvalue weighted by Crippen LogP contribution is 2.20. The van der Waals surface area contributed by atoms with Gasteiger partial charge in [-0.1, -0.05) is 17.7 Å². The number of carbonyl (C=O) groups excluding carboxylic acids is 1. The number of carbonyl (C=O) groups is 1. The van der Waals surface area contributed by atoms with Crippen molar-refractivity contribution in [1.29, 1.82) is 0 Å². The predicted octanol–water partition coefficient (Wildman–Crippen LogP) is 1.85. The van der Waals surface area contributed by atoms with Crippen LogP contribution >= 0.6 is 0 Å². The number of hydrogen-bond acceptors (Lipinski definition) is 5. The van der Waals surface area contributed by atoms with Gasteiger partial charge in [0.1, 0.15) is 5.75 Å². The van der Waals surface area contributed by atoms with Crippen LogP contribution in [0.1, 0.15) is 16.2 Å². The van der Waals surface area contributed by atoms with Gasteiger partial charge in [0.15, 0.2) is 0 Å². The minimum absolute atomic E-state index is 0.102. The SMILES string of the molecule is Cc1ccc(Oc2ccc(NC(=O)c3n[nH]c(=O)[nH]3)cn2)cc1. The van der Waals surface area contributed by atoms with Crippen molar-refractivity contribution in [2.75, 3.05) is 5.32 Å². The first-order valence-corrected chi connectivity index (χ1v) is 6.77. The second-order valence-electron chi connectivity index (χ2n) is 4.78. The van der Waals surface area contributed by atoms with Crippen LogP contribution in [0.4, 0.5) is 5.69 Å². The molecule has 0 atom stereocenters. The molecule has 0 spiro atoms. The molecule has 8 nitrogen and oxygen atoms in total. The van der Waals surface area contributed by atoms with Gasteiger partial charge in [-0.2, -0.15) is 0 Å². The summed E-state index contributed by atoms with van der Waals surface area (Å²) in [6, 6.07) is 10.8. The topological polar surface area (TPSA) is 113 Å². The zero-order valence-electron chi connectivity index (χ0n) is 12.2. The molecule has 3 N–H and O–H groups in total. The Morgan fingerprint density at radius 3 is 2.57 bits per heavy atom. The van der Waals surface area contributed by atoms with Crippen molar-refractivity contribution in [3.8, 4) is 11.6 Å². The van der Waals surface area contributed by atoms with E-state index in [1.54, 1.807) is 12.1 Å². The predicted molar refractivity (Wildman–Crippen MR) is 82.7 cm³/mol. The van der Waals surface area contributed by atoms with E-state index >= 15 is 0 Å². The van der Waals surface area contributed by atoms with Gasteiger partial charge in [0.05, 0.1) is 11.9 Å². The Labute approximate surface area is 130 Å². The van der Waals surface area contributed by atoms with E-state index in [0.717, 1.165) is 5.56 Å². The lowest BCUT2D eigenvalue weighted by molar-refractivity contribution is 0.101. The maximum Gasteiger partial charge on any atom is 0.341 e. The molecule has 0 unspecified atom stereocenters. The lowest BCUT2D eigenvalue weighted by Gasteiger charge is -2.06. The van der Waals surface area contributed by atoms with Gasteiger partial charge in [-0.25, -0.2) is 14.9 Å². The molecule has 3 aromatic rings. The summed E-state index contributed by atoms with van der Waals surface area (Å²) in [7, 11) is 0. The minimum atomic E-state index is -0.546. The fourth-order valence-electron chi connectivity index (χ4n) is 1.81. The number of aryl methyl sites for hydroxylation is 1. The molecule has 8 heteroatoms. The molecule has 2 aromatic heterocycles. The molecule has 2 heterocycles. The summed E-state index contributed by atoms with van der Waals surface area (Å²) < 4.78 is 5.59. The summed E-state index contributed by atoms with van der Waals surface area (Å²) in [5.74, 6) is 0.432. The zero-order chi connectivity index (χ0) is 16.2. The van der Waals surface area contributed by atoms with E-state index in [4.69, 9.17) is 4.74 Å². The zero-order valence-corrected chi connectivity index (χ0v) is 12.2. The second-order valence-corrected chi connectivity index (χ2v) is 4.78. The molecule has 1 aromatic carbocycles. The highest BCUT2D eigenvalue weighted by Gasteiger charge is 2.10. The molecule has 0 fully saturated rings. The minimum Gasteiger partial charge on any atom is -0.439 e. The number of pyridine rings is 1. The van der Waals surface area contributed by atoms with E-state index < -0.39 is 11.6 Å². The normalized spacial score (nSPS) is 10.3. The average Bonchev–Trinajstić information content (AvgIpc) is 2.98. The molecule has 0 saturated carbocycles. The third-order valence-corrected chi connectivity index (χ3v) is 2.95. The Balaban J connectivity index is 1.66. The highest BCUT2D eigenvalue weighted by molar-refractivity contribution is 6.01. The third-order valence-electron chi connectivity index (χ3n) is 2.95. The third kappa shape index (κ3) is 3.62. The molecule has 0 aliphatic rings. The number of benzene rings is 1. The Kier molecular flexibility index (Phi) is 3.88. The number of ether oxygens (including phenoxy) is 1. The number of nitrogens with zero attached hydrogens (tertiary/aromatic N) is 2. The van der Waals surface area contributed by atoms with Crippen molar-refractivity contribution in [3.05, 3.63) is 64.5 Å². The van der Waals surface area contributed by atoms with Crippen LogP contribution in [0, 0.1) is 6.92 Å². The van der Waals surface area contributed by atoms with Crippen molar-refractivity contribution >= 4 is 11.6 Å². The largest absolute Gasteiger partial charge is 0.439 e. The fourth-order valence-corrected chi connectivity index (χ4v) is 1.81. The number of hydrogen-bond donors (Lipinski definition) is 3. The first-order chi connectivity index (χ1) is 11.1. The van der Waals surface area contributed by atoms with Crippen LogP contribution in [0.25, 0.3) is 0 Å². The quantitative estimate of drug-likeness (QED) is 0.680. The fraction of sp³-hybridized carbons (Fsp3) is 0.0667. The van der Waals surface area contributed by atoms with Gasteiger partial charge in [0, 0.05) is 6.07 Å². The van der Waals surface area contributed by atoms with E-state index in [9.17, 15) is 9.59 Å². The van der Waals surface area contributed by atoms with Crippen LogP contribution in [0.3, 0.4) is 0 Å². The molecule has 1 amide bonds. The van der Waals surface area contributed by atoms with E-state index in [0.29, 0.717) is 17.3 Å². The van der Waals surface area contributed by atoms with Crippen molar-refractivity contribution in [2.24, 2.45) is 0 Å². The molecule has 0 saturated heterocycles. The molecule has 116 valence electrons. The van der Waals surface area contributed by atoms with Crippen molar-refractivity contribution in [2.45, 2.75) is 6.92 Å². The van der Waals surface area contributed by atoms with Crippen molar-refractivity contribution < 1.29 is 9.53 Å². The Bertz CT molecular complexity index is 865. The Morgan fingerprint density at radius 1 is 1.17 bits per heavy atom. The Hall–Kier alpha value is -3.42. The lowest BCUT2D eigenvalue weighted by Crippen LogP contribution is -2.15. The van der Waals surface area contributed by atoms with Gasteiger partial charge < -0.3 is 10.1 Å². The number of nitrogens with one attached hydrogen (secondary N) is 3. The van der Waals surface area contributed by atoms with Crippen molar-refractivity contribution in [3.63, 3.8) is 0 Å². The number of amides is 1. The van der Waals surface area contributed by atoms with Gasteiger partial charge in [0.25, 0.3) is 5.91 Å². The second kappa shape index (κ2) is 6.14. The summed E-state index contributed by atoms with van der Waals surface area (Å²) in [6.45, 7) is 1.99. The highest BCUT2D eigenvalue weighted by atomic mass is 16.5. The van der Waals surface area contributed by atoms with Gasteiger partial charge in [-0.05, 0) is 25.1 Å². The van der Waals surface area contributed by atoms with Crippen LogP contribution in [-0.4, -0.2) is 26.1 Å². The average molecular weight is 311 g/mol.